The number of rotatable bonds is 39. The first-order valence-electron chi connectivity index (χ1n) is 21.0. The molecular weight excluding hydrogens is 568 g/mol. The zero-order chi connectivity index (χ0) is 33.6. The van der Waals surface area contributed by atoms with Gasteiger partial charge in [-0.1, -0.05) is 200 Å². The fraction of sp³-hybridized carbons (Fsp3) is 0.952. The third-order valence-electron chi connectivity index (χ3n) is 9.83. The van der Waals surface area contributed by atoms with E-state index in [1.54, 1.807) is 0 Å². The molecule has 0 saturated carbocycles. The second-order valence-electron chi connectivity index (χ2n) is 14.5. The number of aliphatic carboxylic acids is 1. The van der Waals surface area contributed by atoms with Gasteiger partial charge in [0.05, 0.1) is 0 Å². The smallest absolute Gasteiger partial charge is 0.306 e. The summed E-state index contributed by atoms with van der Waals surface area (Å²) in [5, 5.41) is 8.77. The van der Waals surface area contributed by atoms with Gasteiger partial charge in [0, 0.05) is 12.8 Å². The summed E-state index contributed by atoms with van der Waals surface area (Å²) in [7, 11) is 0. The van der Waals surface area contributed by atoms with E-state index in [-0.39, 0.29) is 12.1 Å². The van der Waals surface area contributed by atoms with E-state index in [0.717, 1.165) is 51.4 Å². The molecule has 0 aliphatic heterocycles. The number of esters is 1. The van der Waals surface area contributed by atoms with Crippen LogP contribution in [0.15, 0.2) is 0 Å². The van der Waals surface area contributed by atoms with E-state index in [2.05, 4.69) is 13.8 Å². The van der Waals surface area contributed by atoms with Gasteiger partial charge in [-0.15, -0.1) is 0 Å². The molecule has 1 unspecified atom stereocenters. The number of ether oxygens (including phenoxy) is 1. The van der Waals surface area contributed by atoms with Crippen LogP contribution in [-0.4, -0.2) is 23.1 Å². The van der Waals surface area contributed by atoms with Gasteiger partial charge in [0.25, 0.3) is 0 Å². The summed E-state index contributed by atoms with van der Waals surface area (Å²) in [6.07, 6.45) is 45.6. The second-order valence-corrected chi connectivity index (χ2v) is 14.5. The van der Waals surface area contributed by atoms with Crippen LogP contribution in [0.3, 0.4) is 0 Å². The lowest BCUT2D eigenvalue weighted by molar-refractivity contribution is -0.150. The van der Waals surface area contributed by atoms with Crippen molar-refractivity contribution in [3.05, 3.63) is 0 Å². The highest BCUT2D eigenvalue weighted by Gasteiger charge is 2.14. The van der Waals surface area contributed by atoms with Crippen LogP contribution in [0, 0.1) is 0 Å². The van der Waals surface area contributed by atoms with Crippen LogP contribution >= 0.6 is 0 Å². The topological polar surface area (TPSA) is 63.6 Å². The molecule has 274 valence electrons. The zero-order valence-corrected chi connectivity index (χ0v) is 31.4. The summed E-state index contributed by atoms with van der Waals surface area (Å²) in [4.78, 5) is 23.4. The summed E-state index contributed by atoms with van der Waals surface area (Å²) < 4.78 is 6.05. The molecule has 1 N–H and O–H groups in total. The number of carboxylic acid groups (broad SMARTS) is 1. The Morgan fingerprint density at radius 1 is 0.391 bits per heavy atom. The Morgan fingerprint density at radius 2 is 0.652 bits per heavy atom. The SMILES string of the molecule is CCCCCCCCCCCCCCCCCC(=O)OC(CCCCCCCCCCCCC)CCCCCCCCCC(=O)O. The Balaban J connectivity index is 4.00. The largest absolute Gasteiger partial charge is 0.481 e. The highest BCUT2D eigenvalue weighted by molar-refractivity contribution is 5.69. The Labute approximate surface area is 288 Å². The van der Waals surface area contributed by atoms with E-state index < -0.39 is 5.97 Å². The lowest BCUT2D eigenvalue weighted by atomic mass is 10.0. The summed E-state index contributed by atoms with van der Waals surface area (Å²) in [6, 6.07) is 0. The molecule has 0 saturated heterocycles. The quantitative estimate of drug-likeness (QED) is 0.0531. The number of carboxylic acids is 1. The standard InChI is InChI=1S/C42H82O4/c1-3-5-7-9-11-13-15-16-17-18-20-22-27-31-35-39-42(45)46-40(37-33-29-25-23-26-30-34-38-41(43)44)36-32-28-24-21-19-14-12-10-8-6-4-2/h40H,3-39H2,1-2H3,(H,43,44). The first-order chi connectivity index (χ1) is 22.6. The highest BCUT2D eigenvalue weighted by Crippen LogP contribution is 2.19. The fourth-order valence-corrected chi connectivity index (χ4v) is 6.72. The predicted octanol–water partition coefficient (Wildman–Crippen LogP) is 14.5. The van der Waals surface area contributed by atoms with Crippen molar-refractivity contribution in [2.24, 2.45) is 0 Å². The van der Waals surface area contributed by atoms with Gasteiger partial charge < -0.3 is 9.84 Å². The zero-order valence-electron chi connectivity index (χ0n) is 31.4. The molecule has 0 fully saturated rings. The minimum atomic E-state index is -0.682. The van der Waals surface area contributed by atoms with Crippen LogP contribution in [0.25, 0.3) is 0 Å². The molecule has 0 rings (SSSR count). The van der Waals surface area contributed by atoms with Gasteiger partial charge in [-0.3, -0.25) is 9.59 Å². The molecule has 1 atom stereocenters. The molecule has 0 heterocycles. The predicted molar refractivity (Wildman–Crippen MR) is 200 cm³/mol. The molecule has 0 spiro atoms. The first-order valence-corrected chi connectivity index (χ1v) is 21.0. The summed E-state index contributed by atoms with van der Waals surface area (Å²) in [6.45, 7) is 4.57. The average molecular weight is 651 g/mol. The minimum Gasteiger partial charge on any atom is -0.481 e. The van der Waals surface area contributed by atoms with Crippen LogP contribution in [0.2, 0.25) is 0 Å². The van der Waals surface area contributed by atoms with Crippen LogP contribution in [-0.2, 0) is 14.3 Å². The van der Waals surface area contributed by atoms with Crippen molar-refractivity contribution >= 4 is 11.9 Å². The van der Waals surface area contributed by atoms with Crippen LogP contribution in [0.5, 0.6) is 0 Å². The van der Waals surface area contributed by atoms with Gasteiger partial charge >= 0.3 is 11.9 Å². The maximum absolute atomic E-state index is 12.7. The van der Waals surface area contributed by atoms with Gasteiger partial charge in [0.1, 0.15) is 6.10 Å². The molecule has 0 aromatic rings. The van der Waals surface area contributed by atoms with E-state index in [9.17, 15) is 9.59 Å². The van der Waals surface area contributed by atoms with Crippen molar-refractivity contribution in [1.82, 2.24) is 0 Å². The lowest BCUT2D eigenvalue weighted by Crippen LogP contribution is -2.18. The van der Waals surface area contributed by atoms with Crippen LogP contribution in [0.4, 0.5) is 0 Å². The number of carbonyl (C=O) groups is 2. The Morgan fingerprint density at radius 3 is 0.957 bits per heavy atom. The lowest BCUT2D eigenvalue weighted by Gasteiger charge is -2.18. The van der Waals surface area contributed by atoms with Crippen molar-refractivity contribution in [3.63, 3.8) is 0 Å². The van der Waals surface area contributed by atoms with Gasteiger partial charge in [0.15, 0.2) is 0 Å². The molecule has 0 amide bonds. The van der Waals surface area contributed by atoms with Crippen molar-refractivity contribution in [2.75, 3.05) is 0 Å². The fourth-order valence-electron chi connectivity index (χ4n) is 6.72. The Bertz CT molecular complexity index is 619. The molecule has 46 heavy (non-hydrogen) atoms. The first kappa shape index (κ1) is 44.9. The number of unbranched alkanes of at least 4 members (excludes halogenated alkanes) is 30. The van der Waals surface area contributed by atoms with E-state index >= 15 is 0 Å². The second kappa shape index (κ2) is 38.4. The van der Waals surface area contributed by atoms with Crippen molar-refractivity contribution in [2.45, 2.75) is 258 Å². The van der Waals surface area contributed by atoms with E-state index in [0.29, 0.717) is 12.8 Å². The number of hydrogen-bond donors (Lipinski definition) is 1. The Kier molecular flexibility index (Phi) is 37.5. The van der Waals surface area contributed by atoms with Gasteiger partial charge in [-0.25, -0.2) is 0 Å². The minimum absolute atomic E-state index is 0.0289. The summed E-state index contributed by atoms with van der Waals surface area (Å²) in [5.41, 5.74) is 0. The number of hydrogen-bond acceptors (Lipinski definition) is 3. The number of carbonyl (C=O) groups excluding carboxylic acids is 1. The summed E-state index contributed by atoms with van der Waals surface area (Å²) >= 11 is 0. The third kappa shape index (κ3) is 37.4. The van der Waals surface area contributed by atoms with Crippen molar-refractivity contribution in [1.29, 1.82) is 0 Å². The normalized spacial score (nSPS) is 12.0. The molecule has 0 aromatic heterocycles. The highest BCUT2D eigenvalue weighted by atomic mass is 16.5. The third-order valence-corrected chi connectivity index (χ3v) is 9.83. The molecular formula is C42H82O4. The van der Waals surface area contributed by atoms with Gasteiger partial charge in [-0.2, -0.15) is 0 Å². The summed E-state index contributed by atoms with van der Waals surface area (Å²) in [5.74, 6) is -0.654. The maximum Gasteiger partial charge on any atom is 0.306 e. The molecule has 0 bridgehead atoms. The Hall–Kier alpha value is -1.06. The molecule has 0 aromatic carbocycles. The van der Waals surface area contributed by atoms with Crippen molar-refractivity contribution < 1.29 is 19.4 Å². The molecule has 0 aliphatic rings. The van der Waals surface area contributed by atoms with E-state index in [1.807, 2.05) is 0 Å². The monoisotopic (exact) mass is 651 g/mol. The van der Waals surface area contributed by atoms with Gasteiger partial charge in [-0.05, 0) is 38.5 Å². The van der Waals surface area contributed by atoms with Crippen LogP contribution in [0.1, 0.15) is 251 Å². The molecule has 0 aliphatic carbocycles. The molecule has 4 heteroatoms. The molecule has 0 radical (unpaired) electrons. The van der Waals surface area contributed by atoms with Gasteiger partial charge in [0.2, 0.25) is 0 Å². The van der Waals surface area contributed by atoms with Crippen molar-refractivity contribution in [3.8, 4) is 0 Å². The van der Waals surface area contributed by atoms with E-state index in [4.69, 9.17) is 9.84 Å². The average Bonchev–Trinajstić information content (AvgIpc) is 3.04. The molecule has 4 nitrogen and oxygen atoms in total. The van der Waals surface area contributed by atoms with Crippen LogP contribution < -0.4 is 0 Å². The maximum atomic E-state index is 12.7. The van der Waals surface area contributed by atoms with E-state index in [1.165, 1.54) is 173 Å².